The van der Waals surface area contributed by atoms with Gasteiger partial charge in [0.1, 0.15) is 11.5 Å². The number of methoxy groups -OCH3 is 2. The Balaban J connectivity index is 2.32. The maximum Gasteiger partial charge on any atom is 0.123 e. The number of ether oxygens (including phenoxy) is 3. The Morgan fingerprint density at radius 3 is 2.72 bits per heavy atom. The quantitative estimate of drug-likeness (QED) is 0.869. The molecule has 4 nitrogen and oxygen atoms in total. The Hall–Kier alpha value is -1.26. The maximum absolute atomic E-state index is 5.48. The largest absolute Gasteiger partial charge is 0.497 e. The first kappa shape index (κ1) is 13.2. The molecule has 0 aliphatic carbocycles. The second-order valence-corrected chi connectivity index (χ2v) is 4.50. The van der Waals surface area contributed by atoms with Gasteiger partial charge in [0, 0.05) is 24.1 Å². The van der Waals surface area contributed by atoms with Gasteiger partial charge in [0.05, 0.1) is 20.8 Å². The van der Waals surface area contributed by atoms with E-state index in [-0.39, 0.29) is 6.04 Å². The van der Waals surface area contributed by atoms with Crippen molar-refractivity contribution >= 4 is 0 Å². The Labute approximate surface area is 108 Å². The Kier molecular flexibility index (Phi) is 4.44. The van der Waals surface area contributed by atoms with E-state index in [4.69, 9.17) is 14.2 Å². The molecule has 1 saturated heterocycles. The van der Waals surface area contributed by atoms with Crippen molar-refractivity contribution in [1.29, 1.82) is 0 Å². The van der Waals surface area contributed by atoms with E-state index >= 15 is 0 Å². The van der Waals surface area contributed by atoms with E-state index in [1.807, 2.05) is 25.2 Å². The summed E-state index contributed by atoms with van der Waals surface area (Å²) in [5.74, 6) is 2.23. The van der Waals surface area contributed by atoms with Crippen molar-refractivity contribution in [2.45, 2.75) is 12.5 Å². The number of nitrogens with one attached hydrogen (secondary N) is 1. The lowest BCUT2D eigenvalue weighted by Gasteiger charge is -2.24. The monoisotopic (exact) mass is 251 g/mol. The standard InChI is InChI=1S/C14H21NO3/c1-15-14(10-6-7-18-9-10)12-8-11(16-2)4-5-13(12)17-3/h4-5,8,10,14-15H,6-7,9H2,1-3H3. The summed E-state index contributed by atoms with van der Waals surface area (Å²) in [5.41, 5.74) is 1.13. The SMILES string of the molecule is CNC(c1cc(OC)ccc1OC)C1CCOC1. The van der Waals surface area contributed by atoms with Crippen LogP contribution in [0.4, 0.5) is 0 Å². The van der Waals surface area contributed by atoms with Crippen LogP contribution in [0.25, 0.3) is 0 Å². The fourth-order valence-corrected chi connectivity index (χ4v) is 2.54. The highest BCUT2D eigenvalue weighted by atomic mass is 16.5. The van der Waals surface area contributed by atoms with Crippen LogP contribution in [0.1, 0.15) is 18.0 Å². The summed E-state index contributed by atoms with van der Waals surface area (Å²) >= 11 is 0. The number of benzene rings is 1. The fraction of sp³-hybridized carbons (Fsp3) is 0.571. The first-order valence-electron chi connectivity index (χ1n) is 6.27. The molecule has 0 bridgehead atoms. The van der Waals surface area contributed by atoms with Gasteiger partial charge in [0.15, 0.2) is 0 Å². The van der Waals surface area contributed by atoms with Gasteiger partial charge in [-0.2, -0.15) is 0 Å². The normalized spacial score (nSPS) is 20.7. The van der Waals surface area contributed by atoms with Crippen LogP contribution in [-0.2, 0) is 4.74 Å². The van der Waals surface area contributed by atoms with Gasteiger partial charge in [-0.25, -0.2) is 0 Å². The first-order valence-corrected chi connectivity index (χ1v) is 6.27. The topological polar surface area (TPSA) is 39.7 Å². The second-order valence-electron chi connectivity index (χ2n) is 4.50. The van der Waals surface area contributed by atoms with Gasteiger partial charge in [-0.05, 0) is 31.7 Å². The van der Waals surface area contributed by atoms with E-state index in [1.165, 1.54) is 0 Å². The lowest BCUT2D eigenvalue weighted by atomic mass is 9.91. The van der Waals surface area contributed by atoms with Crippen LogP contribution < -0.4 is 14.8 Å². The van der Waals surface area contributed by atoms with Gasteiger partial charge in [0.25, 0.3) is 0 Å². The zero-order valence-electron chi connectivity index (χ0n) is 11.2. The minimum atomic E-state index is 0.234. The fourth-order valence-electron chi connectivity index (χ4n) is 2.54. The molecule has 0 aromatic heterocycles. The summed E-state index contributed by atoms with van der Waals surface area (Å²) in [6, 6.07) is 6.14. The molecular weight excluding hydrogens is 230 g/mol. The average molecular weight is 251 g/mol. The molecule has 0 spiro atoms. The Morgan fingerprint density at radius 2 is 2.17 bits per heavy atom. The zero-order chi connectivity index (χ0) is 13.0. The van der Waals surface area contributed by atoms with E-state index in [0.29, 0.717) is 5.92 Å². The van der Waals surface area contributed by atoms with E-state index in [1.54, 1.807) is 14.2 Å². The number of rotatable bonds is 5. The van der Waals surface area contributed by atoms with Crippen molar-refractivity contribution in [3.05, 3.63) is 23.8 Å². The lowest BCUT2D eigenvalue weighted by molar-refractivity contribution is 0.177. The molecule has 1 heterocycles. The molecular formula is C14H21NO3. The molecule has 18 heavy (non-hydrogen) atoms. The summed E-state index contributed by atoms with van der Waals surface area (Å²) in [7, 11) is 5.35. The third-order valence-electron chi connectivity index (χ3n) is 3.52. The third-order valence-corrected chi connectivity index (χ3v) is 3.52. The van der Waals surface area contributed by atoms with Gasteiger partial charge in [0.2, 0.25) is 0 Å². The van der Waals surface area contributed by atoms with Gasteiger partial charge >= 0.3 is 0 Å². The van der Waals surface area contributed by atoms with Crippen LogP contribution in [-0.4, -0.2) is 34.5 Å². The molecule has 1 aromatic rings. The molecule has 1 aromatic carbocycles. The molecule has 2 atom stereocenters. The summed E-state index contributed by atoms with van der Waals surface area (Å²) in [5, 5.41) is 3.37. The minimum absolute atomic E-state index is 0.234. The van der Waals surface area contributed by atoms with Crippen molar-refractivity contribution in [2.24, 2.45) is 5.92 Å². The predicted octanol–water partition coefficient (Wildman–Crippen LogP) is 2.00. The molecule has 2 unspecified atom stereocenters. The summed E-state index contributed by atoms with van der Waals surface area (Å²) < 4.78 is 16.2. The molecule has 0 radical (unpaired) electrons. The predicted molar refractivity (Wildman–Crippen MR) is 70.3 cm³/mol. The van der Waals surface area contributed by atoms with E-state index in [0.717, 1.165) is 36.7 Å². The van der Waals surface area contributed by atoms with E-state index in [2.05, 4.69) is 5.32 Å². The van der Waals surface area contributed by atoms with Crippen molar-refractivity contribution in [2.75, 3.05) is 34.5 Å². The summed E-state index contributed by atoms with van der Waals surface area (Å²) in [6.07, 6.45) is 1.08. The maximum atomic E-state index is 5.48. The van der Waals surface area contributed by atoms with Gasteiger partial charge in [-0.1, -0.05) is 0 Å². The first-order chi connectivity index (χ1) is 8.80. The second kappa shape index (κ2) is 6.07. The average Bonchev–Trinajstić information content (AvgIpc) is 2.93. The van der Waals surface area contributed by atoms with Crippen LogP contribution >= 0.6 is 0 Å². The minimum Gasteiger partial charge on any atom is -0.497 e. The van der Waals surface area contributed by atoms with Crippen LogP contribution in [0.3, 0.4) is 0 Å². The molecule has 0 saturated carbocycles. The smallest absolute Gasteiger partial charge is 0.123 e. The zero-order valence-corrected chi connectivity index (χ0v) is 11.2. The highest BCUT2D eigenvalue weighted by molar-refractivity contribution is 5.42. The van der Waals surface area contributed by atoms with Crippen LogP contribution in [0, 0.1) is 5.92 Å². The van der Waals surface area contributed by atoms with Crippen LogP contribution in [0.2, 0.25) is 0 Å². The number of hydrogen-bond donors (Lipinski definition) is 1. The molecule has 4 heteroatoms. The molecule has 2 rings (SSSR count). The van der Waals surface area contributed by atoms with Crippen molar-refractivity contribution < 1.29 is 14.2 Å². The summed E-state index contributed by atoms with van der Waals surface area (Å²) in [4.78, 5) is 0. The van der Waals surface area contributed by atoms with Crippen molar-refractivity contribution in [3.8, 4) is 11.5 Å². The van der Waals surface area contributed by atoms with E-state index < -0.39 is 0 Å². The highest BCUT2D eigenvalue weighted by Crippen LogP contribution is 2.36. The third kappa shape index (κ3) is 2.60. The Morgan fingerprint density at radius 1 is 1.33 bits per heavy atom. The summed E-state index contributed by atoms with van der Waals surface area (Å²) in [6.45, 7) is 1.64. The van der Waals surface area contributed by atoms with E-state index in [9.17, 15) is 0 Å². The van der Waals surface area contributed by atoms with Crippen LogP contribution in [0.5, 0.6) is 11.5 Å². The Bertz CT molecular complexity index is 389. The highest BCUT2D eigenvalue weighted by Gasteiger charge is 2.28. The van der Waals surface area contributed by atoms with Crippen molar-refractivity contribution in [3.63, 3.8) is 0 Å². The van der Waals surface area contributed by atoms with Crippen molar-refractivity contribution in [1.82, 2.24) is 5.32 Å². The lowest BCUT2D eigenvalue weighted by Crippen LogP contribution is -2.26. The molecule has 1 N–H and O–H groups in total. The molecule has 1 aliphatic heterocycles. The van der Waals surface area contributed by atoms with Gasteiger partial charge in [-0.3, -0.25) is 0 Å². The van der Waals surface area contributed by atoms with Gasteiger partial charge in [-0.15, -0.1) is 0 Å². The molecule has 1 aliphatic rings. The van der Waals surface area contributed by atoms with Crippen LogP contribution in [0.15, 0.2) is 18.2 Å². The van der Waals surface area contributed by atoms with Gasteiger partial charge < -0.3 is 19.5 Å². The number of hydrogen-bond acceptors (Lipinski definition) is 4. The molecule has 0 amide bonds. The molecule has 1 fully saturated rings. The molecule has 100 valence electrons.